The minimum atomic E-state index is -3.57. The molecular weight excluding hydrogens is 354 g/mol. The van der Waals surface area contributed by atoms with Crippen molar-refractivity contribution in [3.63, 3.8) is 0 Å². The Labute approximate surface area is 133 Å². The molecule has 0 aliphatic carbocycles. The summed E-state index contributed by atoms with van der Waals surface area (Å²) in [5.41, 5.74) is 4.78. The number of nitrogens with zero attached hydrogens (tertiary/aromatic N) is 6. The predicted octanol–water partition coefficient (Wildman–Crippen LogP) is 0.440. The number of sulfone groups is 1. The van der Waals surface area contributed by atoms with E-state index in [9.17, 15) is 18.6 Å². The Morgan fingerprint density at radius 2 is 1.82 bits per heavy atom. The van der Waals surface area contributed by atoms with Gasteiger partial charge in [0.1, 0.15) is 0 Å². The van der Waals surface area contributed by atoms with Crippen LogP contribution in [0, 0.1) is 0 Å². The summed E-state index contributed by atoms with van der Waals surface area (Å²) in [7, 11) is -3.57. The van der Waals surface area contributed by atoms with Gasteiger partial charge in [-0.3, -0.25) is 0 Å². The molecule has 2 aromatic rings. The van der Waals surface area contributed by atoms with Gasteiger partial charge in [-0.1, -0.05) is 11.3 Å². The Kier molecular flexibility index (Phi) is 4.72. The van der Waals surface area contributed by atoms with Crippen LogP contribution >= 0.6 is 24.0 Å². The maximum Gasteiger partial charge on any atom is 0.252 e. The molecule has 0 aliphatic heterocycles. The van der Waals surface area contributed by atoms with Crippen molar-refractivity contribution < 1.29 is 18.6 Å². The molecule has 22 heavy (non-hydrogen) atoms. The summed E-state index contributed by atoms with van der Waals surface area (Å²) in [5.74, 6) is -1.74. The zero-order valence-electron chi connectivity index (χ0n) is 10.6. The number of nitrogen functional groups attached to an aromatic ring is 1. The van der Waals surface area contributed by atoms with Crippen molar-refractivity contribution >= 4 is 50.6 Å². The highest BCUT2D eigenvalue weighted by atomic mass is 32.2. The molecule has 0 saturated heterocycles. The van der Waals surface area contributed by atoms with Crippen molar-refractivity contribution in [1.82, 2.24) is 20.2 Å². The fourth-order valence-electron chi connectivity index (χ4n) is 1.21. The molecule has 11 nitrogen and oxygen atoms in total. The Balaban J connectivity index is 2.28. The molecule has 118 valence electrons. The molecule has 0 amide bonds. The van der Waals surface area contributed by atoms with Crippen LogP contribution < -0.4 is 5.73 Å². The smallest absolute Gasteiger partial charge is 0.252 e. The van der Waals surface area contributed by atoms with E-state index in [2.05, 4.69) is 43.0 Å². The highest BCUT2D eigenvalue weighted by Crippen LogP contribution is 2.35. The first-order valence-electron chi connectivity index (χ1n) is 5.48. The fraction of sp³-hybridized carbons (Fsp3) is 0.250. The summed E-state index contributed by atoms with van der Waals surface area (Å²) in [6, 6.07) is 0. The lowest BCUT2D eigenvalue weighted by molar-refractivity contribution is 0.426. The maximum absolute atomic E-state index is 11.7. The molecule has 0 spiro atoms. The Morgan fingerprint density at radius 1 is 1.18 bits per heavy atom. The van der Waals surface area contributed by atoms with Crippen LogP contribution in [0.4, 0.5) is 16.8 Å². The van der Waals surface area contributed by atoms with E-state index in [1.165, 1.54) is 0 Å². The Hall–Kier alpha value is -2.06. The molecule has 0 atom stereocenters. The minimum Gasteiger partial charge on any atom is -0.491 e. The van der Waals surface area contributed by atoms with Crippen LogP contribution in [-0.2, 0) is 9.84 Å². The van der Waals surface area contributed by atoms with Gasteiger partial charge in [0.2, 0.25) is 37.6 Å². The van der Waals surface area contributed by atoms with Crippen LogP contribution in [0.25, 0.3) is 0 Å². The molecular formula is C8H9N7O4S3. The second-order valence-electron chi connectivity index (χ2n) is 3.67. The second kappa shape index (κ2) is 6.37. The number of azo groups is 1. The molecule has 2 rings (SSSR count). The van der Waals surface area contributed by atoms with Gasteiger partial charge in [0.05, 0.1) is 5.75 Å². The lowest BCUT2D eigenvalue weighted by Gasteiger charge is -1.99. The third-order valence-electron chi connectivity index (χ3n) is 2.12. The molecule has 0 unspecified atom stereocenters. The standard InChI is InChI=1S/C8H9N7O4S3/c9-6-10-4(16)3(5(17)11-6)12-13-7-14-15-8(21-7)22(18,19)2-1-20/h20H,1-2H2,(H4,9,10,11,16,17)/b13-12+. The van der Waals surface area contributed by atoms with Crippen LogP contribution in [0.2, 0.25) is 0 Å². The highest BCUT2D eigenvalue weighted by molar-refractivity contribution is 7.94. The van der Waals surface area contributed by atoms with Gasteiger partial charge < -0.3 is 15.9 Å². The van der Waals surface area contributed by atoms with Gasteiger partial charge in [0.25, 0.3) is 5.13 Å². The summed E-state index contributed by atoms with van der Waals surface area (Å²) < 4.78 is 23.3. The second-order valence-corrected chi connectivity index (χ2v) is 7.36. The van der Waals surface area contributed by atoms with Crippen LogP contribution in [-0.4, -0.2) is 50.3 Å². The van der Waals surface area contributed by atoms with Crippen LogP contribution in [0.15, 0.2) is 14.6 Å². The van der Waals surface area contributed by atoms with Gasteiger partial charge in [-0.15, -0.1) is 20.4 Å². The van der Waals surface area contributed by atoms with Crippen molar-refractivity contribution in [3.8, 4) is 11.8 Å². The molecule has 14 heteroatoms. The van der Waals surface area contributed by atoms with Crippen LogP contribution in [0.5, 0.6) is 11.8 Å². The van der Waals surface area contributed by atoms with Gasteiger partial charge in [-0.05, 0) is 0 Å². The Bertz CT molecular complexity index is 796. The van der Waals surface area contributed by atoms with Crippen LogP contribution in [0.3, 0.4) is 0 Å². The van der Waals surface area contributed by atoms with Gasteiger partial charge >= 0.3 is 0 Å². The molecule has 0 radical (unpaired) electrons. The third kappa shape index (κ3) is 3.58. The SMILES string of the molecule is Nc1nc(O)c(/N=N/c2nnc(S(=O)(=O)CCS)s2)c(O)n1. The topological polar surface area (TPSA) is 177 Å². The third-order valence-corrected chi connectivity index (χ3v) is 5.62. The van der Waals surface area contributed by atoms with Crippen molar-refractivity contribution in [2.24, 2.45) is 10.2 Å². The number of thiol groups is 1. The number of rotatable bonds is 5. The first-order valence-corrected chi connectivity index (χ1v) is 8.58. The quantitative estimate of drug-likeness (QED) is 0.433. The van der Waals surface area contributed by atoms with Gasteiger partial charge in [-0.25, -0.2) is 8.42 Å². The number of nitrogens with two attached hydrogens (primary N) is 1. The molecule has 0 saturated carbocycles. The van der Waals surface area contributed by atoms with Gasteiger partial charge in [0.15, 0.2) is 0 Å². The molecule has 2 heterocycles. The summed E-state index contributed by atoms with van der Waals surface area (Å²) in [4.78, 5) is 6.77. The van der Waals surface area contributed by atoms with Gasteiger partial charge in [0, 0.05) is 5.75 Å². The van der Waals surface area contributed by atoms with Crippen molar-refractivity contribution in [2.45, 2.75) is 4.34 Å². The lowest BCUT2D eigenvalue weighted by Crippen LogP contribution is -2.07. The number of hydrogen-bond acceptors (Lipinski definition) is 13. The van der Waals surface area contributed by atoms with E-state index >= 15 is 0 Å². The maximum atomic E-state index is 11.7. The van der Waals surface area contributed by atoms with Crippen molar-refractivity contribution in [2.75, 3.05) is 17.2 Å². The number of anilines is 1. The minimum absolute atomic E-state index is 0.0895. The summed E-state index contributed by atoms with van der Waals surface area (Å²) >= 11 is 4.53. The average Bonchev–Trinajstić information content (AvgIpc) is 2.87. The van der Waals surface area contributed by atoms with E-state index in [1.807, 2.05) is 0 Å². The van der Waals surface area contributed by atoms with E-state index in [1.54, 1.807) is 0 Å². The summed E-state index contributed by atoms with van der Waals surface area (Å²) in [6.45, 7) is 0. The van der Waals surface area contributed by atoms with E-state index in [0.29, 0.717) is 11.3 Å². The van der Waals surface area contributed by atoms with Crippen molar-refractivity contribution in [1.29, 1.82) is 0 Å². The largest absolute Gasteiger partial charge is 0.491 e. The molecule has 0 aromatic carbocycles. The van der Waals surface area contributed by atoms with Crippen LogP contribution in [0.1, 0.15) is 0 Å². The van der Waals surface area contributed by atoms with Gasteiger partial charge in [-0.2, -0.15) is 22.6 Å². The van der Waals surface area contributed by atoms with E-state index in [4.69, 9.17) is 5.73 Å². The lowest BCUT2D eigenvalue weighted by atomic mass is 10.5. The highest BCUT2D eigenvalue weighted by Gasteiger charge is 2.19. The average molecular weight is 363 g/mol. The summed E-state index contributed by atoms with van der Waals surface area (Å²) in [6.07, 6.45) is 0. The van der Waals surface area contributed by atoms with Crippen molar-refractivity contribution in [3.05, 3.63) is 0 Å². The molecule has 0 aliphatic rings. The zero-order chi connectivity index (χ0) is 16.3. The van der Waals surface area contributed by atoms with E-state index in [-0.39, 0.29) is 26.9 Å². The molecule has 0 fully saturated rings. The monoisotopic (exact) mass is 363 g/mol. The Morgan fingerprint density at radius 3 is 2.41 bits per heavy atom. The molecule has 0 bridgehead atoms. The molecule has 2 aromatic heterocycles. The molecule has 4 N–H and O–H groups in total. The zero-order valence-corrected chi connectivity index (χ0v) is 13.2. The number of aromatic hydroxyl groups is 2. The number of aromatic nitrogens is 4. The first-order chi connectivity index (χ1) is 10.3. The van der Waals surface area contributed by atoms with E-state index in [0.717, 1.165) is 0 Å². The first kappa shape index (κ1) is 16.3. The predicted molar refractivity (Wildman–Crippen MR) is 79.8 cm³/mol. The summed E-state index contributed by atoms with van der Waals surface area (Å²) in [5, 5.41) is 33.0. The normalized spacial score (nSPS) is 12.0. The fourth-order valence-corrected chi connectivity index (χ4v) is 3.89. The number of hydrogen-bond donors (Lipinski definition) is 4. The van der Waals surface area contributed by atoms with E-state index < -0.39 is 27.3 Å².